The van der Waals surface area contributed by atoms with Gasteiger partial charge in [0, 0.05) is 46.5 Å². The number of fused-ring (bicyclic) bond motifs is 3. The van der Waals surface area contributed by atoms with Crippen LogP contribution in [0.2, 0.25) is 0 Å². The summed E-state index contributed by atoms with van der Waals surface area (Å²) in [6.45, 7) is 10.6. The maximum absolute atomic E-state index is 13.8. The Kier molecular flexibility index (Phi) is 7.41. The second-order valence-corrected chi connectivity index (χ2v) is 12.1. The lowest BCUT2D eigenvalue weighted by Crippen LogP contribution is -2.45. The van der Waals surface area contributed by atoms with E-state index in [4.69, 9.17) is 0 Å². The summed E-state index contributed by atoms with van der Waals surface area (Å²) in [6, 6.07) is 7.75. The predicted octanol–water partition coefficient (Wildman–Crippen LogP) is 5.82. The predicted molar refractivity (Wildman–Crippen MR) is 151 cm³/mol. The van der Waals surface area contributed by atoms with Crippen molar-refractivity contribution >= 4 is 27.9 Å². The highest BCUT2D eigenvalue weighted by Crippen LogP contribution is 2.42. The summed E-state index contributed by atoms with van der Waals surface area (Å²) < 4.78 is 43.1. The van der Waals surface area contributed by atoms with Crippen molar-refractivity contribution in [1.29, 1.82) is 0 Å². The largest absolute Gasteiger partial charge is 0.417 e. The van der Waals surface area contributed by atoms with Crippen LogP contribution in [0.15, 0.2) is 43.2 Å². The van der Waals surface area contributed by atoms with Crippen LogP contribution in [-0.4, -0.2) is 51.5 Å². The minimum atomic E-state index is -4.60. The van der Waals surface area contributed by atoms with Crippen molar-refractivity contribution in [3.8, 4) is 0 Å². The zero-order valence-corrected chi connectivity index (χ0v) is 23.3. The first kappa shape index (κ1) is 28.1. The molecule has 10 heteroatoms. The van der Waals surface area contributed by atoms with Crippen LogP contribution in [-0.2, 0) is 12.0 Å². The molecule has 1 aliphatic heterocycles. The van der Waals surface area contributed by atoms with Gasteiger partial charge in [0.25, 0.3) is 5.91 Å². The number of aryl methyl sites for hydroxylation is 1. The molecule has 1 saturated carbocycles. The van der Waals surface area contributed by atoms with E-state index in [9.17, 15) is 18.0 Å². The molecular weight excluding hydrogens is 517 g/mol. The molecule has 0 spiro atoms. The Bertz CT molecular complexity index is 1420. The molecule has 2 aromatic heterocycles. The summed E-state index contributed by atoms with van der Waals surface area (Å²) in [4.78, 5) is 17.0. The molecule has 1 saturated heterocycles. The summed E-state index contributed by atoms with van der Waals surface area (Å²) in [5, 5.41) is 15.6. The number of piperidine rings is 1. The Labute approximate surface area is 232 Å². The molecule has 1 amide bonds. The number of anilines is 1. The fourth-order valence-electron chi connectivity index (χ4n) is 5.82. The van der Waals surface area contributed by atoms with Gasteiger partial charge in [-0.05, 0) is 78.0 Å². The molecule has 5 rings (SSSR count). The van der Waals surface area contributed by atoms with E-state index in [2.05, 4.69) is 32.6 Å². The molecule has 0 radical (unpaired) electrons. The molecule has 1 aromatic carbocycles. The van der Waals surface area contributed by atoms with Crippen LogP contribution in [0.1, 0.15) is 74.6 Å². The van der Waals surface area contributed by atoms with Gasteiger partial charge < -0.3 is 16.0 Å². The number of carbonyl (C=O) groups excluding carboxylic acids is 1. The van der Waals surface area contributed by atoms with Gasteiger partial charge >= 0.3 is 6.18 Å². The number of carbonyl (C=O) groups is 1. The fourth-order valence-corrected chi connectivity index (χ4v) is 5.82. The highest BCUT2D eigenvalue weighted by molar-refractivity contribution is 6.00. The summed E-state index contributed by atoms with van der Waals surface area (Å²) in [7, 11) is 0. The van der Waals surface area contributed by atoms with E-state index < -0.39 is 11.7 Å². The van der Waals surface area contributed by atoms with E-state index in [0.29, 0.717) is 47.5 Å². The van der Waals surface area contributed by atoms with E-state index in [-0.39, 0.29) is 22.7 Å². The summed E-state index contributed by atoms with van der Waals surface area (Å²) in [5.74, 6) is -0.240. The zero-order valence-electron chi connectivity index (χ0n) is 23.3. The zero-order chi connectivity index (χ0) is 28.7. The number of aromatic nitrogens is 3. The van der Waals surface area contributed by atoms with Gasteiger partial charge in [0.1, 0.15) is 0 Å². The molecule has 2 fully saturated rings. The lowest BCUT2D eigenvalue weighted by Gasteiger charge is -2.36. The highest BCUT2D eigenvalue weighted by Gasteiger charge is 2.42. The van der Waals surface area contributed by atoms with Gasteiger partial charge in [-0.1, -0.05) is 18.7 Å². The molecule has 3 heterocycles. The van der Waals surface area contributed by atoms with Gasteiger partial charge in [-0.2, -0.15) is 18.3 Å². The number of rotatable bonds is 8. The molecule has 2 aliphatic rings. The summed E-state index contributed by atoms with van der Waals surface area (Å²) in [6.07, 6.45) is 3.63. The van der Waals surface area contributed by atoms with Crippen LogP contribution in [0.4, 0.5) is 18.9 Å². The van der Waals surface area contributed by atoms with Crippen molar-refractivity contribution in [2.45, 2.75) is 82.6 Å². The third-order valence-corrected chi connectivity index (χ3v) is 8.03. The maximum Gasteiger partial charge on any atom is 0.417 e. The smallest absolute Gasteiger partial charge is 0.379 e. The fraction of sp³-hybridized carbons (Fsp3) is 0.500. The molecular formula is C30H37F3N6O. The van der Waals surface area contributed by atoms with E-state index in [1.807, 2.05) is 32.9 Å². The first-order valence-corrected chi connectivity index (χ1v) is 13.9. The van der Waals surface area contributed by atoms with Crippen LogP contribution in [0.25, 0.3) is 16.3 Å². The molecule has 1 aliphatic carbocycles. The van der Waals surface area contributed by atoms with Crippen molar-refractivity contribution in [1.82, 2.24) is 25.4 Å². The Morgan fingerprint density at radius 2 is 2.02 bits per heavy atom. The monoisotopic (exact) mass is 554 g/mol. The first-order chi connectivity index (χ1) is 18.8. The van der Waals surface area contributed by atoms with E-state index >= 15 is 0 Å². The minimum absolute atomic E-state index is 0.0556. The normalized spacial score (nSPS) is 21.0. The molecule has 2 unspecified atom stereocenters. The number of allylic oxidation sites excluding steroid dienone is 1. The van der Waals surface area contributed by atoms with Gasteiger partial charge in [0.15, 0.2) is 0 Å². The number of halogens is 3. The second kappa shape index (κ2) is 10.5. The maximum atomic E-state index is 13.8. The Balaban J connectivity index is 1.36. The van der Waals surface area contributed by atoms with E-state index in [0.717, 1.165) is 37.9 Å². The van der Waals surface area contributed by atoms with Gasteiger partial charge in [0.05, 0.1) is 28.6 Å². The van der Waals surface area contributed by atoms with Crippen LogP contribution >= 0.6 is 0 Å². The lowest BCUT2D eigenvalue weighted by atomic mass is 9.89. The molecule has 2 bridgehead atoms. The number of amides is 1. The number of hydrogen-bond donors (Lipinski definition) is 3. The molecule has 3 N–H and O–H groups in total. The third kappa shape index (κ3) is 5.87. The summed E-state index contributed by atoms with van der Waals surface area (Å²) in [5.41, 5.74) is 0.424. The van der Waals surface area contributed by atoms with Gasteiger partial charge in [-0.3, -0.25) is 14.5 Å². The standard InChI is InChI=1S/C30H37F3N6O/c1-19(30(31,32)33)26-23-8-5-9-25(38-29-11-10-22(16-29)34-14-12-29)24(23)15-21(37-26)7-6-13-35-27(40)20-17-36-39(18-20)28(2,3)4/h5,8-9,15,17-18,22,34,38H,1,6-7,10-14,16H2,2-4H3,(H,35,40). The van der Waals surface area contributed by atoms with Crippen LogP contribution in [0.3, 0.4) is 0 Å². The molecule has 3 aromatic rings. The lowest BCUT2D eigenvalue weighted by molar-refractivity contribution is -0.0688. The molecule has 7 nitrogen and oxygen atoms in total. The molecule has 2 atom stereocenters. The topological polar surface area (TPSA) is 83.9 Å². The summed E-state index contributed by atoms with van der Waals surface area (Å²) >= 11 is 0. The SMILES string of the molecule is C=C(c1nc(CCCNC(=O)c2cnn(C(C)(C)C)c2)cc2c(NC34CCNC(CC3)C4)cccc12)C(F)(F)F. The number of hydrogen-bond acceptors (Lipinski definition) is 5. The number of pyridine rings is 1. The van der Waals surface area contributed by atoms with E-state index in [1.54, 1.807) is 23.0 Å². The van der Waals surface area contributed by atoms with E-state index in [1.165, 1.54) is 6.20 Å². The Hall–Kier alpha value is -3.40. The quantitative estimate of drug-likeness (QED) is 0.306. The van der Waals surface area contributed by atoms with Gasteiger partial charge in [0.2, 0.25) is 0 Å². The molecule has 214 valence electrons. The Morgan fingerprint density at radius 1 is 1.23 bits per heavy atom. The molecule has 40 heavy (non-hydrogen) atoms. The van der Waals surface area contributed by atoms with Crippen molar-refractivity contribution in [3.05, 3.63) is 60.2 Å². The number of alkyl halides is 3. The minimum Gasteiger partial charge on any atom is -0.379 e. The number of benzene rings is 1. The average Bonchev–Trinajstić information content (AvgIpc) is 3.50. The van der Waals surface area contributed by atoms with Crippen LogP contribution in [0, 0.1) is 0 Å². The first-order valence-electron chi connectivity index (χ1n) is 13.9. The second-order valence-electron chi connectivity index (χ2n) is 12.1. The van der Waals surface area contributed by atoms with Crippen molar-refractivity contribution < 1.29 is 18.0 Å². The average molecular weight is 555 g/mol. The number of nitrogens with one attached hydrogen (secondary N) is 3. The van der Waals surface area contributed by atoms with Crippen LogP contribution < -0.4 is 16.0 Å². The van der Waals surface area contributed by atoms with Crippen molar-refractivity contribution in [3.63, 3.8) is 0 Å². The van der Waals surface area contributed by atoms with Gasteiger partial charge in [-0.15, -0.1) is 0 Å². The van der Waals surface area contributed by atoms with Crippen molar-refractivity contribution in [2.75, 3.05) is 18.4 Å². The Morgan fingerprint density at radius 3 is 2.75 bits per heavy atom. The van der Waals surface area contributed by atoms with Gasteiger partial charge in [-0.25, -0.2) is 0 Å². The van der Waals surface area contributed by atoms with Crippen LogP contribution in [0.5, 0.6) is 0 Å². The number of nitrogens with zero attached hydrogens (tertiary/aromatic N) is 3. The highest BCUT2D eigenvalue weighted by atomic mass is 19.4. The third-order valence-electron chi connectivity index (χ3n) is 8.03. The van der Waals surface area contributed by atoms with Crippen molar-refractivity contribution in [2.24, 2.45) is 0 Å².